The summed E-state index contributed by atoms with van der Waals surface area (Å²) in [7, 11) is 0. The van der Waals surface area contributed by atoms with Crippen LogP contribution in [0.2, 0.25) is 0 Å². The van der Waals surface area contributed by atoms with Gasteiger partial charge in [-0.3, -0.25) is 9.59 Å². The number of carboxylic acid groups (broad SMARTS) is 1. The average Bonchev–Trinajstić information content (AvgIpc) is 3.23. The number of esters is 1. The summed E-state index contributed by atoms with van der Waals surface area (Å²) in [6.07, 6.45) is 58.8. The lowest BCUT2D eigenvalue weighted by Crippen LogP contribution is -2.40. The highest BCUT2D eigenvalue weighted by Crippen LogP contribution is 2.19. The van der Waals surface area contributed by atoms with E-state index in [1.165, 1.54) is 122 Å². The minimum absolute atomic E-state index is 0.0113. The fourth-order valence-electron chi connectivity index (χ4n) is 7.62. The summed E-state index contributed by atoms with van der Waals surface area (Å²) in [4.78, 5) is 36.5. The van der Waals surface area contributed by atoms with Crippen LogP contribution in [0.15, 0.2) is 48.6 Å². The Hall–Kier alpha value is -2.67. The number of nitrogens with two attached hydrogens (primary N) is 1. The Morgan fingerprint density at radius 3 is 1.38 bits per heavy atom. The number of hydrogen-bond donors (Lipinski definition) is 3. The summed E-state index contributed by atoms with van der Waals surface area (Å²) >= 11 is 0. The molecule has 0 saturated heterocycles. The Kier molecular flexibility index (Phi) is 45.3. The number of unbranched alkanes of at least 4 members (excludes halogenated alkanes) is 24. The van der Waals surface area contributed by atoms with Crippen molar-refractivity contribution in [3.63, 3.8) is 0 Å². The quantitative estimate of drug-likeness (QED) is 0.0319. The van der Waals surface area contributed by atoms with Crippen LogP contribution in [-0.4, -0.2) is 41.6 Å². The molecular formula is C53H96N2O5. The van der Waals surface area contributed by atoms with Crippen LogP contribution in [0.25, 0.3) is 0 Å². The molecule has 1 amide bonds. The van der Waals surface area contributed by atoms with E-state index >= 15 is 0 Å². The first-order valence-corrected chi connectivity index (χ1v) is 25.5. The normalized spacial score (nSPS) is 13.0. The predicted octanol–water partition coefficient (Wildman–Crippen LogP) is 15.1. The van der Waals surface area contributed by atoms with E-state index < -0.39 is 12.0 Å². The number of carboxylic acids is 1. The van der Waals surface area contributed by atoms with Gasteiger partial charge < -0.3 is 20.9 Å². The molecular weight excluding hydrogens is 745 g/mol. The number of carbonyl (C=O) groups excluding carboxylic acids is 2. The minimum Gasteiger partial charge on any atom is -0.480 e. The van der Waals surface area contributed by atoms with Crippen molar-refractivity contribution >= 4 is 17.8 Å². The molecule has 7 heteroatoms. The van der Waals surface area contributed by atoms with Crippen LogP contribution in [0.5, 0.6) is 0 Å². The van der Waals surface area contributed by atoms with Crippen molar-refractivity contribution in [2.75, 3.05) is 6.54 Å². The zero-order valence-electron chi connectivity index (χ0n) is 39.3. The molecule has 0 aliphatic rings. The molecule has 4 N–H and O–H groups in total. The van der Waals surface area contributed by atoms with Crippen molar-refractivity contribution < 1.29 is 24.2 Å². The number of hydrogen-bond acceptors (Lipinski definition) is 5. The maximum absolute atomic E-state index is 12.9. The van der Waals surface area contributed by atoms with Gasteiger partial charge in [-0.15, -0.1) is 0 Å². The van der Waals surface area contributed by atoms with E-state index in [-0.39, 0.29) is 18.0 Å². The van der Waals surface area contributed by atoms with Gasteiger partial charge in [0.2, 0.25) is 5.91 Å². The van der Waals surface area contributed by atoms with Crippen molar-refractivity contribution in [2.45, 2.75) is 264 Å². The van der Waals surface area contributed by atoms with Crippen LogP contribution >= 0.6 is 0 Å². The number of nitrogens with one attached hydrogen (secondary N) is 1. The third-order valence-corrected chi connectivity index (χ3v) is 11.4. The summed E-state index contributed by atoms with van der Waals surface area (Å²) in [5, 5.41) is 12.0. The van der Waals surface area contributed by atoms with Gasteiger partial charge in [0.05, 0.1) is 0 Å². The van der Waals surface area contributed by atoms with Crippen LogP contribution in [0, 0.1) is 0 Å². The highest BCUT2D eigenvalue weighted by molar-refractivity contribution is 5.83. The van der Waals surface area contributed by atoms with E-state index in [2.05, 4.69) is 67.8 Å². The first kappa shape index (κ1) is 57.3. The van der Waals surface area contributed by atoms with Crippen LogP contribution in [-0.2, 0) is 19.1 Å². The van der Waals surface area contributed by atoms with Gasteiger partial charge in [-0.2, -0.15) is 0 Å². The summed E-state index contributed by atoms with van der Waals surface area (Å²) in [5.41, 5.74) is 5.50. The lowest BCUT2D eigenvalue weighted by molar-refractivity contribution is -0.150. The van der Waals surface area contributed by atoms with Gasteiger partial charge in [-0.05, 0) is 96.4 Å². The fraction of sp³-hybridized carbons (Fsp3) is 0.792. The van der Waals surface area contributed by atoms with Crippen molar-refractivity contribution in [3.8, 4) is 0 Å². The SMILES string of the molecule is CC/C=C\C/C=C\C/C=C\C/C=C\CCCCCCCCCCCCC(=O)OC(CCCCCCCCCCCCC)CCCCCCCC(=O)NC(CCCN)C(=O)O. The molecule has 7 nitrogen and oxygen atoms in total. The largest absolute Gasteiger partial charge is 0.480 e. The third kappa shape index (κ3) is 43.4. The molecule has 348 valence electrons. The molecule has 0 aromatic carbocycles. The minimum atomic E-state index is -1.00. The van der Waals surface area contributed by atoms with Crippen molar-refractivity contribution in [3.05, 3.63) is 48.6 Å². The van der Waals surface area contributed by atoms with E-state index in [0.717, 1.165) is 89.9 Å². The zero-order chi connectivity index (χ0) is 43.8. The van der Waals surface area contributed by atoms with E-state index in [1.807, 2.05) is 0 Å². The molecule has 0 aliphatic heterocycles. The molecule has 0 aromatic heterocycles. The van der Waals surface area contributed by atoms with Gasteiger partial charge in [-0.1, -0.05) is 197 Å². The predicted molar refractivity (Wildman–Crippen MR) is 257 cm³/mol. The van der Waals surface area contributed by atoms with Gasteiger partial charge in [0.25, 0.3) is 0 Å². The lowest BCUT2D eigenvalue weighted by atomic mass is 10.0. The molecule has 0 heterocycles. The first-order valence-electron chi connectivity index (χ1n) is 25.5. The summed E-state index contributed by atoms with van der Waals surface area (Å²) in [6.45, 7) is 4.85. The molecule has 2 unspecified atom stereocenters. The second-order valence-electron chi connectivity index (χ2n) is 17.2. The van der Waals surface area contributed by atoms with Crippen LogP contribution in [0.3, 0.4) is 0 Å². The van der Waals surface area contributed by atoms with Crippen molar-refractivity contribution in [1.29, 1.82) is 0 Å². The number of ether oxygens (including phenoxy) is 1. The topological polar surface area (TPSA) is 119 Å². The van der Waals surface area contributed by atoms with Crippen molar-refractivity contribution in [1.82, 2.24) is 5.32 Å². The number of aliphatic carboxylic acids is 1. The second kappa shape index (κ2) is 47.4. The molecule has 0 aliphatic carbocycles. The second-order valence-corrected chi connectivity index (χ2v) is 17.2. The van der Waals surface area contributed by atoms with E-state index in [9.17, 15) is 19.5 Å². The first-order chi connectivity index (χ1) is 29.4. The molecule has 0 bridgehead atoms. The maximum Gasteiger partial charge on any atom is 0.326 e. The van der Waals surface area contributed by atoms with E-state index in [0.29, 0.717) is 32.2 Å². The summed E-state index contributed by atoms with van der Waals surface area (Å²) < 4.78 is 6.08. The standard InChI is InChI=1S/C53H96N2O5/c1-3-5-7-9-11-13-15-16-17-18-19-20-21-22-23-24-25-26-28-30-32-37-41-47-52(57)60-49(43-38-34-31-29-27-14-12-10-8-6-4-2)44-39-35-33-36-40-46-51(56)55-50(53(58)59)45-42-48-54/h5,7,11,13,16-17,19-20,49-50H,3-4,6,8-10,12,14-15,18,21-48,54H2,1-2H3,(H,55,56)(H,58,59)/b7-5-,13-11-,17-16-,20-19-. The number of amides is 1. The molecule has 60 heavy (non-hydrogen) atoms. The molecule has 0 fully saturated rings. The highest BCUT2D eigenvalue weighted by atomic mass is 16.5. The molecule has 2 atom stereocenters. The van der Waals surface area contributed by atoms with Crippen molar-refractivity contribution in [2.24, 2.45) is 5.73 Å². The smallest absolute Gasteiger partial charge is 0.326 e. The summed E-state index contributed by atoms with van der Waals surface area (Å²) in [5.74, 6) is -1.23. The zero-order valence-corrected chi connectivity index (χ0v) is 39.3. The van der Waals surface area contributed by atoms with Gasteiger partial charge >= 0.3 is 11.9 Å². The van der Waals surface area contributed by atoms with Gasteiger partial charge in [-0.25, -0.2) is 4.79 Å². The Morgan fingerprint density at radius 1 is 0.500 bits per heavy atom. The molecule has 0 rings (SSSR count). The van der Waals surface area contributed by atoms with Crippen LogP contribution in [0.4, 0.5) is 0 Å². The molecule has 0 spiro atoms. The van der Waals surface area contributed by atoms with Crippen LogP contribution in [0.1, 0.15) is 251 Å². The Labute approximate surface area is 370 Å². The monoisotopic (exact) mass is 841 g/mol. The van der Waals surface area contributed by atoms with Gasteiger partial charge in [0.1, 0.15) is 12.1 Å². The fourth-order valence-corrected chi connectivity index (χ4v) is 7.62. The lowest BCUT2D eigenvalue weighted by Gasteiger charge is -2.18. The van der Waals surface area contributed by atoms with Crippen LogP contribution < -0.4 is 11.1 Å². The Balaban J connectivity index is 4.18. The van der Waals surface area contributed by atoms with Gasteiger partial charge in [0.15, 0.2) is 0 Å². The van der Waals surface area contributed by atoms with Gasteiger partial charge in [0, 0.05) is 12.8 Å². The van der Waals surface area contributed by atoms with E-state index in [4.69, 9.17) is 10.5 Å². The van der Waals surface area contributed by atoms with E-state index in [1.54, 1.807) is 0 Å². The summed E-state index contributed by atoms with van der Waals surface area (Å²) in [6, 6.07) is -0.857. The Morgan fingerprint density at radius 2 is 0.917 bits per heavy atom. The number of carbonyl (C=O) groups is 3. The highest BCUT2D eigenvalue weighted by Gasteiger charge is 2.19. The molecule has 0 saturated carbocycles. The number of rotatable bonds is 46. The molecule has 0 aromatic rings. The molecule has 0 radical (unpaired) electrons. The maximum atomic E-state index is 12.9. The Bertz CT molecular complexity index is 1080. The number of allylic oxidation sites excluding steroid dienone is 8. The average molecular weight is 841 g/mol. The third-order valence-electron chi connectivity index (χ3n) is 11.4.